The van der Waals surface area contributed by atoms with Gasteiger partial charge in [0.2, 0.25) is 5.78 Å². The summed E-state index contributed by atoms with van der Waals surface area (Å²) in [6, 6.07) is 15.7. The van der Waals surface area contributed by atoms with Crippen molar-refractivity contribution in [3.63, 3.8) is 0 Å². The number of aliphatic hydroxyl groups is 1. The molecule has 1 N–H and O–H groups in total. The quantitative estimate of drug-likeness (QED) is 0.250. The number of para-hydroxylation sites is 1. The van der Waals surface area contributed by atoms with Gasteiger partial charge < -0.3 is 23.9 Å². The fourth-order valence-electron chi connectivity index (χ4n) is 5.27. The first-order valence-corrected chi connectivity index (χ1v) is 13.9. The number of benzene rings is 2. The van der Waals surface area contributed by atoms with Crippen LogP contribution < -0.4 is 4.74 Å². The number of hydrogen-bond acceptors (Lipinski definition) is 7. The zero-order valence-corrected chi connectivity index (χ0v) is 22.4. The Morgan fingerprint density at radius 1 is 1.03 bits per heavy atom. The SMILES string of the molecule is CCCCCOc1ccc(C2C(C(=O)c3cc4ccccc4o3)=C(O)C(=O)N2CCCN2CCOCC2)cc1. The molecule has 8 nitrogen and oxygen atoms in total. The molecule has 2 aliphatic rings. The van der Waals surface area contributed by atoms with Gasteiger partial charge in [-0.3, -0.25) is 14.5 Å². The van der Waals surface area contributed by atoms with E-state index < -0.39 is 23.5 Å². The van der Waals surface area contributed by atoms with Gasteiger partial charge in [0.05, 0.1) is 31.4 Å². The molecule has 1 atom stereocenters. The molecule has 1 aromatic heterocycles. The molecule has 3 aromatic rings. The molecule has 3 heterocycles. The van der Waals surface area contributed by atoms with Crippen molar-refractivity contribution in [2.75, 3.05) is 46.0 Å². The molecule has 5 rings (SSSR count). The molecule has 1 amide bonds. The molecular weight excluding hydrogens is 496 g/mol. The molecule has 1 fully saturated rings. The number of rotatable bonds is 12. The third kappa shape index (κ3) is 6.02. The average molecular weight is 533 g/mol. The maximum absolute atomic E-state index is 13.8. The molecule has 0 spiro atoms. The first kappa shape index (κ1) is 27.0. The van der Waals surface area contributed by atoms with Crippen molar-refractivity contribution in [3.05, 3.63) is 77.3 Å². The van der Waals surface area contributed by atoms with E-state index in [1.165, 1.54) is 0 Å². The Balaban J connectivity index is 1.40. The lowest BCUT2D eigenvalue weighted by molar-refractivity contribution is -0.129. The highest BCUT2D eigenvalue weighted by molar-refractivity contribution is 6.16. The minimum absolute atomic E-state index is 0.0436. The number of aliphatic hydroxyl groups excluding tert-OH is 1. The smallest absolute Gasteiger partial charge is 0.290 e. The van der Waals surface area contributed by atoms with E-state index in [2.05, 4.69) is 11.8 Å². The standard InChI is InChI=1S/C31H36N2O6/c1-2-3-6-18-38-24-12-10-22(11-13-24)28-27(29(34)26-21-23-8-4-5-9-25(23)39-26)30(35)31(36)33(28)15-7-14-32-16-19-37-20-17-32/h4-5,8-13,21,28,35H,2-3,6-7,14-20H2,1H3. The maximum Gasteiger partial charge on any atom is 0.290 e. The topological polar surface area (TPSA) is 92.5 Å². The van der Waals surface area contributed by atoms with Crippen molar-refractivity contribution in [1.29, 1.82) is 0 Å². The lowest BCUT2D eigenvalue weighted by Gasteiger charge is -2.30. The fourth-order valence-corrected chi connectivity index (χ4v) is 5.27. The van der Waals surface area contributed by atoms with Gasteiger partial charge in [-0.05, 0) is 42.7 Å². The van der Waals surface area contributed by atoms with Gasteiger partial charge in [0.1, 0.15) is 11.3 Å². The number of furan rings is 1. The number of unbranched alkanes of at least 4 members (excludes halogenated alkanes) is 2. The summed E-state index contributed by atoms with van der Waals surface area (Å²) in [7, 11) is 0. The Morgan fingerprint density at radius 3 is 2.54 bits per heavy atom. The number of amides is 1. The van der Waals surface area contributed by atoms with Crippen molar-refractivity contribution in [2.45, 2.75) is 38.6 Å². The van der Waals surface area contributed by atoms with E-state index in [4.69, 9.17) is 13.9 Å². The van der Waals surface area contributed by atoms with Crippen LogP contribution in [0.1, 0.15) is 54.8 Å². The van der Waals surface area contributed by atoms with Crippen molar-refractivity contribution in [1.82, 2.24) is 9.80 Å². The molecule has 0 bridgehead atoms. The van der Waals surface area contributed by atoms with Gasteiger partial charge in [0.15, 0.2) is 11.5 Å². The highest BCUT2D eigenvalue weighted by Gasteiger charge is 2.44. The second kappa shape index (κ2) is 12.5. The third-order valence-corrected chi connectivity index (χ3v) is 7.39. The number of Topliss-reactive ketones (excluding diaryl/α,β-unsaturated/α-hetero) is 1. The summed E-state index contributed by atoms with van der Waals surface area (Å²) in [5.74, 6) is -0.714. The van der Waals surface area contributed by atoms with Crippen molar-refractivity contribution < 1.29 is 28.6 Å². The van der Waals surface area contributed by atoms with E-state index in [1.54, 1.807) is 17.0 Å². The van der Waals surface area contributed by atoms with Crippen LogP contribution in [0.15, 0.2) is 70.3 Å². The molecule has 206 valence electrons. The summed E-state index contributed by atoms with van der Waals surface area (Å²) in [6.07, 6.45) is 3.93. The van der Waals surface area contributed by atoms with Crippen molar-refractivity contribution >= 4 is 22.7 Å². The van der Waals surface area contributed by atoms with Crippen LogP contribution in [-0.4, -0.2) is 72.6 Å². The molecule has 0 saturated carbocycles. The van der Waals surface area contributed by atoms with Gasteiger partial charge >= 0.3 is 0 Å². The Hall–Kier alpha value is -3.62. The maximum atomic E-state index is 13.8. The zero-order valence-electron chi connectivity index (χ0n) is 22.4. The Morgan fingerprint density at radius 2 is 1.79 bits per heavy atom. The summed E-state index contributed by atoms with van der Waals surface area (Å²) in [5.41, 5.74) is 1.36. The second-order valence-electron chi connectivity index (χ2n) is 10.1. The normalized spacial score (nSPS) is 18.3. The lowest BCUT2D eigenvalue weighted by atomic mass is 9.95. The molecule has 0 radical (unpaired) electrons. The number of ketones is 1. The first-order chi connectivity index (χ1) is 19.1. The predicted octanol–water partition coefficient (Wildman–Crippen LogP) is 5.30. The lowest BCUT2D eigenvalue weighted by Crippen LogP contribution is -2.39. The van der Waals surface area contributed by atoms with Gasteiger partial charge in [0, 0.05) is 31.6 Å². The van der Waals surface area contributed by atoms with E-state index in [9.17, 15) is 14.7 Å². The van der Waals surface area contributed by atoms with Crippen LogP contribution in [0.25, 0.3) is 11.0 Å². The number of hydrogen-bond donors (Lipinski definition) is 1. The van der Waals surface area contributed by atoms with Gasteiger partial charge in [-0.1, -0.05) is 50.1 Å². The molecule has 1 unspecified atom stereocenters. The number of carbonyl (C=O) groups is 2. The van der Waals surface area contributed by atoms with Crippen molar-refractivity contribution in [3.8, 4) is 5.75 Å². The predicted molar refractivity (Wildman–Crippen MR) is 148 cm³/mol. The minimum atomic E-state index is -0.725. The summed E-state index contributed by atoms with van der Waals surface area (Å²) in [5, 5.41) is 11.8. The van der Waals surface area contributed by atoms with Crippen molar-refractivity contribution in [2.24, 2.45) is 0 Å². The second-order valence-corrected chi connectivity index (χ2v) is 10.1. The van der Waals surface area contributed by atoms with E-state index in [0.717, 1.165) is 55.6 Å². The molecule has 2 aliphatic heterocycles. The average Bonchev–Trinajstić information content (AvgIpc) is 3.51. The minimum Gasteiger partial charge on any atom is -0.503 e. The Kier molecular flexibility index (Phi) is 8.64. The Bertz CT molecular complexity index is 1290. The number of carbonyl (C=O) groups excluding carboxylic acids is 2. The van der Waals surface area contributed by atoms with E-state index in [-0.39, 0.29) is 11.3 Å². The molecule has 8 heteroatoms. The number of morpholine rings is 1. The molecule has 39 heavy (non-hydrogen) atoms. The molecular formula is C31H36N2O6. The van der Waals surface area contributed by atoms with Crippen LogP contribution in [0.4, 0.5) is 0 Å². The number of nitrogens with zero attached hydrogens (tertiary/aromatic N) is 2. The Labute approximate surface area is 228 Å². The van der Waals surface area contributed by atoms with Gasteiger partial charge in [0.25, 0.3) is 5.91 Å². The largest absolute Gasteiger partial charge is 0.503 e. The van der Waals surface area contributed by atoms with Crippen LogP contribution in [-0.2, 0) is 9.53 Å². The van der Waals surface area contributed by atoms with Gasteiger partial charge in [-0.2, -0.15) is 0 Å². The van der Waals surface area contributed by atoms with Gasteiger partial charge in [-0.15, -0.1) is 0 Å². The van der Waals surface area contributed by atoms with Crippen LogP contribution in [0.2, 0.25) is 0 Å². The number of fused-ring (bicyclic) bond motifs is 1. The van der Waals surface area contributed by atoms with E-state index in [0.29, 0.717) is 38.4 Å². The monoisotopic (exact) mass is 532 g/mol. The van der Waals surface area contributed by atoms with Gasteiger partial charge in [-0.25, -0.2) is 0 Å². The molecule has 1 saturated heterocycles. The highest BCUT2D eigenvalue weighted by atomic mass is 16.5. The van der Waals surface area contributed by atoms with E-state index >= 15 is 0 Å². The summed E-state index contributed by atoms with van der Waals surface area (Å²) < 4.78 is 17.1. The molecule has 0 aliphatic carbocycles. The first-order valence-electron chi connectivity index (χ1n) is 13.9. The number of ether oxygens (including phenoxy) is 2. The summed E-state index contributed by atoms with van der Waals surface area (Å²) in [4.78, 5) is 31.0. The summed E-state index contributed by atoms with van der Waals surface area (Å²) in [6.45, 7) is 7.12. The third-order valence-electron chi connectivity index (χ3n) is 7.39. The summed E-state index contributed by atoms with van der Waals surface area (Å²) >= 11 is 0. The highest BCUT2D eigenvalue weighted by Crippen LogP contribution is 2.40. The molecule has 2 aromatic carbocycles. The van der Waals surface area contributed by atoms with Crippen LogP contribution in [0.3, 0.4) is 0 Å². The van der Waals surface area contributed by atoms with Crippen LogP contribution in [0, 0.1) is 0 Å². The zero-order chi connectivity index (χ0) is 27.2. The van der Waals surface area contributed by atoms with E-state index in [1.807, 2.05) is 42.5 Å². The fraction of sp³-hybridized carbons (Fsp3) is 0.419. The van der Waals surface area contributed by atoms with Crippen LogP contribution >= 0.6 is 0 Å². The van der Waals surface area contributed by atoms with Crippen LogP contribution in [0.5, 0.6) is 5.75 Å².